The van der Waals surface area contributed by atoms with Crippen LogP contribution in [-0.2, 0) is 19.1 Å². The van der Waals surface area contributed by atoms with Gasteiger partial charge in [-0.3, -0.25) is 9.59 Å². The summed E-state index contributed by atoms with van der Waals surface area (Å²) in [6.07, 6.45) is -2.08. The zero-order valence-corrected chi connectivity index (χ0v) is 14.3. The zero-order valence-electron chi connectivity index (χ0n) is 14.3. The van der Waals surface area contributed by atoms with Gasteiger partial charge in [0.2, 0.25) is 0 Å². The molecule has 16 heteroatoms. The SMILES string of the molecule is CCC(C(=O)OC(CN=[N+]=[N-])CN=[N+]=[N-])C(=O)OC(CN=[N+]=[N-])CN=[N+]=[N-]. The Hall–Kier alpha value is -3.82. The van der Waals surface area contributed by atoms with Crippen LogP contribution in [0.3, 0.4) is 0 Å². The van der Waals surface area contributed by atoms with Crippen LogP contribution in [0.4, 0.5) is 0 Å². The fourth-order valence-corrected chi connectivity index (χ4v) is 1.70. The molecule has 0 unspecified atom stereocenters. The van der Waals surface area contributed by atoms with Gasteiger partial charge in [-0.2, -0.15) is 0 Å². The van der Waals surface area contributed by atoms with Gasteiger partial charge in [0.1, 0.15) is 12.2 Å². The van der Waals surface area contributed by atoms with Gasteiger partial charge in [-0.1, -0.05) is 27.4 Å². The third-order valence-corrected chi connectivity index (χ3v) is 2.94. The van der Waals surface area contributed by atoms with Crippen LogP contribution in [-0.4, -0.2) is 50.3 Å². The van der Waals surface area contributed by atoms with Crippen molar-refractivity contribution in [3.8, 4) is 0 Å². The largest absolute Gasteiger partial charge is 0.461 e. The first-order valence-electron chi connectivity index (χ1n) is 7.48. The molecule has 0 bridgehead atoms. The number of esters is 2. The van der Waals surface area contributed by atoms with E-state index in [1.165, 1.54) is 6.92 Å². The van der Waals surface area contributed by atoms with E-state index in [0.29, 0.717) is 0 Å². The Labute approximate surface area is 151 Å². The number of ether oxygens (including phenoxy) is 2. The monoisotopic (exact) mass is 380 g/mol. The van der Waals surface area contributed by atoms with Crippen LogP contribution in [0.15, 0.2) is 20.5 Å². The summed E-state index contributed by atoms with van der Waals surface area (Å²) < 4.78 is 10.1. The predicted molar refractivity (Wildman–Crippen MR) is 89.6 cm³/mol. The smallest absolute Gasteiger partial charge is 0.320 e. The van der Waals surface area contributed by atoms with Crippen molar-refractivity contribution in [1.82, 2.24) is 0 Å². The summed E-state index contributed by atoms with van der Waals surface area (Å²) in [5.41, 5.74) is 33.3. The van der Waals surface area contributed by atoms with Crippen LogP contribution in [0.1, 0.15) is 13.3 Å². The van der Waals surface area contributed by atoms with Gasteiger partial charge in [0.15, 0.2) is 5.92 Å². The van der Waals surface area contributed by atoms with Gasteiger partial charge in [-0.05, 0) is 28.5 Å². The summed E-state index contributed by atoms with van der Waals surface area (Å²) in [6, 6.07) is 0. The Morgan fingerprint density at radius 3 is 1.26 bits per heavy atom. The average molecular weight is 380 g/mol. The van der Waals surface area contributed by atoms with Crippen molar-refractivity contribution in [3.05, 3.63) is 41.8 Å². The lowest BCUT2D eigenvalue weighted by atomic mass is 10.1. The van der Waals surface area contributed by atoms with Crippen LogP contribution in [0.2, 0.25) is 0 Å². The first kappa shape index (κ1) is 23.2. The van der Waals surface area contributed by atoms with Gasteiger partial charge < -0.3 is 9.47 Å². The number of carbonyl (C=O) groups excluding carboxylic acids is 2. The highest BCUT2D eigenvalue weighted by molar-refractivity contribution is 5.95. The normalized spacial score (nSPS) is 12.5. The zero-order chi connectivity index (χ0) is 20.5. The molecule has 0 aliphatic rings. The van der Waals surface area contributed by atoms with Crippen molar-refractivity contribution >= 4 is 11.9 Å². The highest BCUT2D eigenvalue weighted by Gasteiger charge is 2.31. The lowest BCUT2D eigenvalue weighted by Crippen LogP contribution is -2.35. The average Bonchev–Trinajstić information content (AvgIpc) is 2.66. The molecule has 27 heavy (non-hydrogen) atoms. The fraction of sp³-hybridized carbons (Fsp3) is 0.818. The third-order valence-electron chi connectivity index (χ3n) is 2.94. The van der Waals surface area contributed by atoms with Crippen LogP contribution < -0.4 is 0 Å². The molecule has 0 spiro atoms. The quantitative estimate of drug-likeness (QED) is 0.153. The van der Waals surface area contributed by atoms with E-state index in [9.17, 15) is 9.59 Å². The minimum absolute atomic E-state index is 0.0170. The molecule has 0 aliphatic carbocycles. The highest BCUT2D eigenvalue weighted by atomic mass is 16.6. The predicted octanol–water partition coefficient (Wildman–Crippen LogP) is 3.08. The Bertz CT molecular complexity index is 602. The van der Waals surface area contributed by atoms with E-state index >= 15 is 0 Å². The lowest BCUT2D eigenvalue weighted by Gasteiger charge is -2.20. The number of hydrogen-bond acceptors (Lipinski definition) is 8. The molecule has 16 nitrogen and oxygen atoms in total. The van der Waals surface area contributed by atoms with Crippen molar-refractivity contribution in [3.63, 3.8) is 0 Å². The van der Waals surface area contributed by atoms with Crippen molar-refractivity contribution in [2.24, 2.45) is 26.4 Å². The first-order chi connectivity index (χ1) is 13.0. The van der Waals surface area contributed by atoms with Gasteiger partial charge in [0, 0.05) is 19.6 Å². The Morgan fingerprint density at radius 1 is 0.741 bits per heavy atom. The summed E-state index contributed by atoms with van der Waals surface area (Å²) in [4.78, 5) is 34.5. The molecule has 144 valence electrons. The number of rotatable bonds is 13. The minimum Gasteiger partial charge on any atom is -0.461 e. The number of carbonyl (C=O) groups is 2. The molecule has 0 amide bonds. The Balaban J connectivity index is 5.09. The van der Waals surface area contributed by atoms with Crippen molar-refractivity contribution in [1.29, 1.82) is 0 Å². The summed E-state index contributed by atoms with van der Waals surface area (Å²) in [6.45, 7) is 0.372. The van der Waals surface area contributed by atoms with E-state index in [0.717, 1.165) is 0 Å². The maximum absolute atomic E-state index is 12.2. The van der Waals surface area contributed by atoms with Crippen molar-refractivity contribution < 1.29 is 19.1 Å². The fourth-order valence-electron chi connectivity index (χ4n) is 1.70. The second-order valence-corrected chi connectivity index (χ2v) is 4.73. The Kier molecular flexibility index (Phi) is 12.5. The molecule has 0 aromatic carbocycles. The van der Waals surface area contributed by atoms with E-state index < -0.39 is 30.1 Å². The number of azide groups is 4. The molecule has 0 fully saturated rings. The van der Waals surface area contributed by atoms with Gasteiger partial charge in [-0.15, -0.1) is 0 Å². The first-order valence-corrected chi connectivity index (χ1v) is 7.48. The summed E-state index contributed by atoms with van der Waals surface area (Å²) >= 11 is 0. The topological polar surface area (TPSA) is 248 Å². The van der Waals surface area contributed by atoms with Gasteiger partial charge in [0.25, 0.3) is 0 Å². The van der Waals surface area contributed by atoms with E-state index in [1.807, 2.05) is 0 Å². The molecule has 0 saturated heterocycles. The maximum Gasteiger partial charge on any atom is 0.320 e. The second-order valence-electron chi connectivity index (χ2n) is 4.73. The van der Waals surface area contributed by atoms with E-state index in [2.05, 4.69) is 40.1 Å². The molecule has 0 heterocycles. The van der Waals surface area contributed by atoms with Crippen LogP contribution >= 0.6 is 0 Å². The van der Waals surface area contributed by atoms with Gasteiger partial charge >= 0.3 is 11.9 Å². The maximum atomic E-state index is 12.2. The van der Waals surface area contributed by atoms with Crippen molar-refractivity contribution in [2.45, 2.75) is 25.6 Å². The number of nitrogens with zero attached hydrogens (tertiary/aromatic N) is 12. The van der Waals surface area contributed by atoms with E-state index in [4.69, 9.17) is 31.6 Å². The van der Waals surface area contributed by atoms with Gasteiger partial charge in [-0.25, -0.2) is 0 Å². The summed E-state index contributed by atoms with van der Waals surface area (Å²) in [7, 11) is 0. The minimum atomic E-state index is -1.33. The number of hydrogen-bond donors (Lipinski definition) is 0. The van der Waals surface area contributed by atoms with Crippen LogP contribution in [0.25, 0.3) is 41.8 Å². The molecular formula is C11H16N12O4. The molecule has 0 saturated carbocycles. The second kappa shape index (κ2) is 14.5. The van der Waals surface area contributed by atoms with E-state index in [-0.39, 0.29) is 32.6 Å². The van der Waals surface area contributed by atoms with Gasteiger partial charge in [0.05, 0.1) is 26.2 Å². The summed E-state index contributed by atoms with van der Waals surface area (Å²) in [5, 5.41) is 12.9. The molecule has 0 atom stereocenters. The highest BCUT2D eigenvalue weighted by Crippen LogP contribution is 2.13. The van der Waals surface area contributed by atoms with Crippen LogP contribution in [0.5, 0.6) is 0 Å². The molecule has 0 rings (SSSR count). The molecule has 0 aliphatic heterocycles. The van der Waals surface area contributed by atoms with Crippen LogP contribution in [0, 0.1) is 5.92 Å². The summed E-state index contributed by atoms with van der Waals surface area (Å²) in [5.74, 6) is -3.27. The molecule has 0 aromatic rings. The third kappa shape index (κ3) is 9.92. The van der Waals surface area contributed by atoms with E-state index in [1.54, 1.807) is 0 Å². The molecule has 0 radical (unpaired) electrons. The molecule has 0 N–H and O–H groups in total. The van der Waals surface area contributed by atoms with Crippen molar-refractivity contribution in [2.75, 3.05) is 26.2 Å². The lowest BCUT2D eigenvalue weighted by molar-refractivity contribution is -0.167. The Morgan fingerprint density at radius 2 is 1.04 bits per heavy atom. The standard InChI is InChI=1S/C11H16N12O4/c1-2-9(10(24)26-7(3-16-20-12)4-17-21-13)11(25)27-8(5-18-22-14)6-19-23-15/h7-9H,2-6H2,1H3. The molecule has 0 aromatic heterocycles. The molecular weight excluding hydrogens is 364 g/mol.